The highest BCUT2D eigenvalue weighted by molar-refractivity contribution is 6.31. The number of hydrogen-bond acceptors (Lipinski definition) is 2. The Kier molecular flexibility index (Phi) is 4.64. The van der Waals surface area contributed by atoms with Crippen LogP contribution in [0.3, 0.4) is 0 Å². The van der Waals surface area contributed by atoms with Crippen molar-refractivity contribution in [2.45, 2.75) is 13.3 Å². The van der Waals surface area contributed by atoms with Crippen LogP contribution in [0.4, 0.5) is 0 Å². The summed E-state index contributed by atoms with van der Waals surface area (Å²) in [6, 6.07) is 13.2. The molecule has 2 rings (SSSR count). The molecule has 0 saturated heterocycles. The number of halogens is 1. The van der Waals surface area contributed by atoms with Crippen LogP contribution < -0.4 is 10.5 Å². The molecule has 0 aliphatic heterocycles. The molecule has 20 heavy (non-hydrogen) atoms. The van der Waals surface area contributed by atoms with E-state index in [-0.39, 0.29) is 12.3 Å². The number of hydrogen-bond donors (Lipinski definition) is 1. The Morgan fingerprint density at radius 2 is 1.90 bits per heavy atom. The molecule has 4 heteroatoms. The van der Waals surface area contributed by atoms with Crippen LogP contribution in [0.5, 0.6) is 5.75 Å². The molecule has 0 unspecified atom stereocenters. The third kappa shape index (κ3) is 3.52. The van der Waals surface area contributed by atoms with E-state index in [1.165, 1.54) is 0 Å². The van der Waals surface area contributed by atoms with Crippen molar-refractivity contribution in [1.29, 1.82) is 0 Å². The molecular weight excluding hydrogens is 274 g/mol. The topological polar surface area (TPSA) is 52.3 Å². The van der Waals surface area contributed by atoms with E-state index >= 15 is 0 Å². The van der Waals surface area contributed by atoms with Gasteiger partial charge < -0.3 is 10.5 Å². The van der Waals surface area contributed by atoms with Gasteiger partial charge in [-0.2, -0.15) is 0 Å². The Hall–Kier alpha value is -2.00. The quantitative estimate of drug-likeness (QED) is 0.917. The zero-order valence-corrected chi connectivity index (χ0v) is 12.0. The summed E-state index contributed by atoms with van der Waals surface area (Å²) in [6.07, 6.45) is 0.244. The molecule has 0 saturated carbocycles. The molecule has 1 amide bonds. The second-order valence-corrected chi connectivity index (χ2v) is 4.85. The lowest BCUT2D eigenvalue weighted by Crippen LogP contribution is -2.13. The molecule has 2 N–H and O–H groups in total. The number of ether oxygens (including phenoxy) is 1. The molecule has 104 valence electrons. The van der Waals surface area contributed by atoms with Crippen LogP contribution >= 0.6 is 11.6 Å². The third-order valence-electron chi connectivity index (χ3n) is 2.88. The molecular formula is C16H16ClNO2. The van der Waals surface area contributed by atoms with E-state index in [9.17, 15) is 4.79 Å². The Balaban J connectivity index is 2.35. The summed E-state index contributed by atoms with van der Waals surface area (Å²) in [5.74, 6) is 0.454. The lowest BCUT2D eigenvalue weighted by atomic mass is 10.0. The first kappa shape index (κ1) is 14.4. The summed E-state index contributed by atoms with van der Waals surface area (Å²) in [5, 5.41) is 0.657. The van der Waals surface area contributed by atoms with E-state index in [2.05, 4.69) is 0 Å². The Bertz CT molecular complexity index is 608. The van der Waals surface area contributed by atoms with Crippen LogP contribution in [0.25, 0.3) is 11.1 Å². The Morgan fingerprint density at radius 3 is 2.50 bits per heavy atom. The number of nitrogens with two attached hydrogens (primary N) is 1. The van der Waals surface area contributed by atoms with Crippen molar-refractivity contribution >= 4 is 17.5 Å². The predicted octanol–water partition coefficient (Wildman–Crippen LogP) is 3.43. The van der Waals surface area contributed by atoms with Crippen LogP contribution in [-0.2, 0) is 11.2 Å². The summed E-state index contributed by atoms with van der Waals surface area (Å²) in [6.45, 7) is 2.53. The zero-order valence-electron chi connectivity index (χ0n) is 11.2. The van der Waals surface area contributed by atoms with Crippen LogP contribution in [0.1, 0.15) is 12.5 Å². The van der Waals surface area contributed by atoms with Gasteiger partial charge in [0.25, 0.3) is 0 Å². The van der Waals surface area contributed by atoms with Crippen LogP contribution in [0, 0.1) is 0 Å². The molecule has 0 aliphatic rings. The van der Waals surface area contributed by atoms with Crippen LogP contribution in [-0.4, -0.2) is 12.5 Å². The molecule has 0 atom stereocenters. The monoisotopic (exact) mass is 289 g/mol. The summed E-state index contributed by atoms with van der Waals surface area (Å²) in [5.41, 5.74) is 8.00. The van der Waals surface area contributed by atoms with Crippen LogP contribution in [0.2, 0.25) is 5.02 Å². The summed E-state index contributed by atoms with van der Waals surface area (Å²) in [4.78, 5) is 10.9. The highest BCUT2D eigenvalue weighted by atomic mass is 35.5. The predicted molar refractivity (Wildman–Crippen MR) is 81.0 cm³/mol. The number of primary amides is 1. The molecule has 0 spiro atoms. The molecule has 2 aromatic rings. The summed E-state index contributed by atoms with van der Waals surface area (Å²) >= 11 is 6.05. The van der Waals surface area contributed by atoms with Crippen molar-refractivity contribution in [2.24, 2.45) is 5.73 Å². The van der Waals surface area contributed by atoms with E-state index in [0.717, 1.165) is 22.4 Å². The number of rotatable bonds is 5. The smallest absolute Gasteiger partial charge is 0.221 e. The van der Waals surface area contributed by atoms with Gasteiger partial charge in [0.15, 0.2) is 0 Å². The van der Waals surface area contributed by atoms with Crippen molar-refractivity contribution < 1.29 is 9.53 Å². The first-order valence-corrected chi connectivity index (χ1v) is 6.78. The minimum absolute atomic E-state index is 0.244. The van der Waals surface area contributed by atoms with E-state index in [1.54, 1.807) is 6.07 Å². The minimum Gasteiger partial charge on any atom is -0.493 e. The minimum atomic E-state index is -0.337. The first-order valence-electron chi connectivity index (χ1n) is 6.40. The average Bonchev–Trinajstić information content (AvgIpc) is 2.41. The van der Waals surface area contributed by atoms with Gasteiger partial charge in [-0.15, -0.1) is 0 Å². The van der Waals surface area contributed by atoms with Gasteiger partial charge in [0, 0.05) is 10.6 Å². The van der Waals surface area contributed by atoms with Crippen LogP contribution in [0.15, 0.2) is 42.5 Å². The van der Waals surface area contributed by atoms with Gasteiger partial charge >= 0.3 is 0 Å². The standard InChI is InChI=1S/C16H16ClNO2/c1-2-20-15-8-7-13(17)10-14(15)12-5-3-11(4-6-12)9-16(18)19/h3-8,10H,2,9H2,1H3,(H2,18,19). The lowest BCUT2D eigenvalue weighted by molar-refractivity contribution is -0.117. The van der Waals surface area contributed by atoms with Gasteiger partial charge in [0.05, 0.1) is 13.0 Å². The molecule has 0 heterocycles. The van der Waals surface area contributed by atoms with Crippen molar-refractivity contribution in [3.8, 4) is 16.9 Å². The van der Waals surface area contributed by atoms with Crippen molar-refractivity contribution in [3.63, 3.8) is 0 Å². The highest BCUT2D eigenvalue weighted by Gasteiger charge is 2.08. The third-order valence-corrected chi connectivity index (χ3v) is 3.12. The largest absolute Gasteiger partial charge is 0.493 e. The van der Waals surface area contributed by atoms with Crippen molar-refractivity contribution in [3.05, 3.63) is 53.1 Å². The van der Waals surface area contributed by atoms with E-state index < -0.39 is 0 Å². The van der Waals surface area contributed by atoms with E-state index in [4.69, 9.17) is 22.1 Å². The van der Waals surface area contributed by atoms with Crippen molar-refractivity contribution in [2.75, 3.05) is 6.61 Å². The molecule has 0 bridgehead atoms. The van der Waals surface area contributed by atoms with E-state index in [0.29, 0.717) is 11.6 Å². The second kappa shape index (κ2) is 6.44. The van der Waals surface area contributed by atoms with Gasteiger partial charge in [-0.3, -0.25) is 4.79 Å². The first-order chi connectivity index (χ1) is 9.60. The fraction of sp³-hybridized carbons (Fsp3) is 0.188. The van der Waals surface area contributed by atoms with Gasteiger partial charge in [-0.1, -0.05) is 35.9 Å². The van der Waals surface area contributed by atoms with E-state index in [1.807, 2.05) is 43.3 Å². The molecule has 3 nitrogen and oxygen atoms in total. The lowest BCUT2D eigenvalue weighted by Gasteiger charge is -2.11. The average molecular weight is 290 g/mol. The molecule has 2 aromatic carbocycles. The van der Waals surface area contributed by atoms with Gasteiger partial charge in [-0.25, -0.2) is 0 Å². The molecule has 0 aromatic heterocycles. The molecule has 0 radical (unpaired) electrons. The Labute approximate surface area is 123 Å². The molecule has 0 aliphatic carbocycles. The number of amides is 1. The number of benzene rings is 2. The van der Waals surface area contributed by atoms with Crippen molar-refractivity contribution in [1.82, 2.24) is 0 Å². The maximum absolute atomic E-state index is 10.9. The number of carbonyl (C=O) groups excluding carboxylic acids is 1. The summed E-state index contributed by atoms with van der Waals surface area (Å²) in [7, 11) is 0. The molecule has 0 fully saturated rings. The fourth-order valence-corrected chi connectivity index (χ4v) is 2.18. The number of carbonyl (C=O) groups is 1. The highest BCUT2D eigenvalue weighted by Crippen LogP contribution is 2.32. The Morgan fingerprint density at radius 1 is 1.20 bits per heavy atom. The second-order valence-electron chi connectivity index (χ2n) is 4.41. The fourth-order valence-electron chi connectivity index (χ4n) is 2.01. The maximum atomic E-state index is 10.9. The van der Waals surface area contributed by atoms with Gasteiger partial charge in [0.2, 0.25) is 5.91 Å². The van der Waals surface area contributed by atoms with Gasteiger partial charge in [-0.05, 0) is 36.2 Å². The maximum Gasteiger partial charge on any atom is 0.221 e. The zero-order chi connectivity index (χ0) is 14.5. The normalized spacial score (nSPS) is 10.3. The summed E-state index contributed by atoms with van der Waals surface area (Å²) < 4.78 is 5.61. The van der Waals surface area contributed by atoms with Gasteiger partial charge in [0.1, 0.15) is 5.75 Å². The SMILES string of the molecule is CCOc1ccc(Cl)cc1-c1ccc(CC(N)=O)cc1.